The fourth-order valence-electron chi connectivity index (χ4n) is 2.42. The maximum atomic E-state index is 5.89. The van der Waals surface area contributed by atoms with Crippen molar-refractivity contribution in [1.29, 1.82) is 0 Å². The number of alkyl halides is 1. The zero-order valence-corrected chi connectivity index (χ0v) is 13.4. The molecule has 0 bridgehead atoms. The highest BCUT2D eigenvalue weighted by molar-refractivity contribution is 6.17. The summed E-state index contributed by atoms with van der Waals surface area (Å²) in [5.74, 6) is 1.59. The van der Waals surface area contributed by atoms with Crippen LogP contribution < -0.4 is 0 Å². The molecule has 0 amide bonds. The Morgan fingerprint density at radius 3 is 2.70 bits per heavy atom. The number of aromatic nitrogens is 4. The minimum Gasteiger partial charge on any atom is -0.377 e. The molecule has 2 heterocycles. The van der Waals surface area contributed by atoms with Gasteiger partial charge in [0.15, 0.2) is 5.65 Å². The Morgan fingerprint density at radius 2 is 2.10 bits per heavy atom. The zero-order chi connectivity index (χ0) is 14.7. The zero-order valence-electron chi connectivity index (χ0n) is 12.7. The lowest BCUT2D eigenvalue weighted by Crippen LogP contribution is -2.14. The molecule has 2 aromatic heterocycles. The quantitative estimate of drug-likeness (QED) is 0.738. The number of imidazole rings is 1. The summed E-state index contributed by atoms with van der Waals surface area (Å²) in [5.41, 5.74) is 3.11. The Morgan fingerprint density at radius 1 is 1.35 bits per heavy atom. The Hall–Kier alpha value is -1.07. The molecular formula is C14H23ClN4O. The van der Waals surface area contributed by atoms with E-state index in [9.17, 15) is 0 Å². The van der Waals surface area contributed by atoms with Crippen LogP contribution in [0.3, 0.4) is 0 Å². The number of rotatable bonds is 7. The lowest BCUT2D eigenvalue weighted by molar-refractivity contribution is 0.0727. The van der Waals surface area contributed by atoms with Crippen molar-refractivity contribution in [3.63, 3.8) is 0 Å². The van der Waals surface area contributed by atoms with Gasteiger partial charge in [0.25, 0.3) is 0 Å². The summed E-state index contributed by atoms with van der Waals surface area (Å²) in [4.78, 5) is 4.73. The van der Waals surface area contributed by atoms with Crippen LogP contribution in [0.1, 0.15) is 32.3 Å². The molecular weight excluding hydrogens is 276 g/mol. The minimum atomic E-state index is 0.239. The van der Waals surface area contributed by atoms with Gasteiger partial charge in [-0.15, -0.1) is 11.6 Å². The molecule has 6 heteroatoms. The first-order valence-electron chi connectivity index (χ1n) is 7.17. The second kappa shape index (κ2) is 6.59. The van der Waals surface area contributed by atoms with Crippen LogP contribution in [0.15, 0.2) is 0 Å². The molecule has 5 nitrogen and oxygen atoms in total. The van der Waals surface area contributed by atoms with E-state index in [4.69, 9.17) is 21.3 Å². The molecule has 0 N–H and O–H groups in total. The summed E-state index contributed by atoms with van der Waals surface area (Å²) in [5, 5.41) is 4.53. The van der Waals surface area contributed by atoms with E-state index < -0.39 is 0 Å². The van der Waals surface area contributed by atoms with Crippen LogP contribution >= 0.6 is 11.6 Å². The average Bonchev–Trinajstić information content (AvgIpc) is 2.89. The van der Waals surface area contributed by atoms with Crippen LogP contribution in [0, 0.1) is 0 Å². The van der Waals surface area contributed by atoms with Crippen molar-refractivity contribution in [3.8, 4) is 0 Å². The van der Waals surface area contributed by atoms with E-state index in [1.807, 2.05) is 25.6 Å². The first-order valence-corrected chi connectivity index (χ1v) is 7.70. The van der Waals surface area contributed by atoms with E-state index in [2.05, 4.69) is 16.6 Å². The third-order valence-corrected chi connectivity index (χ3v) is 3.48. The number of ether oxygens (including phenoxy) is 1. The van der Waals surface area contributed by atoms with Gasteiger partial charge < -0.3 is 9.30 Å². The van der Waals surface area contributed by atoms with Crippen molar-refractivity contribution in [2.75, 3.05) is 12.5 Å². The smallest absolute Gasteiger partial charge is 0.158 e. The second-order valence-electron chi connectivity index (χ2n) is 5.13. The third kappa shape index (κ3) is 2.99. The van der Waals surface area contributed by atoms with E-state index >= 15 is 0 Å². The molecule has 0 aliphatic rings. The van der Waals surface area contributed by atoms with E-state index in [1.54, 1.807) is 0 Å². The van der Waals surface area contributed by atoms with Crippen molar-refractivity contribution in [2.24, 2.45) is 7.05 Å². The van der Waals surface area contributed by atoms with Crippen LogP contribution in [-0.2, 0) is 31.2 Å². The van der Waals surface area contributed by atoms with Crippen LogP contribution in [-0.4, -0.2) is 37.9 Å². The van der Waals surface area contributed by atoms with Crippen LogP contribution in [0.4, 0.5) is 0 Å². The molecule has 0 aromatic carbocycles. The first kappa shape index (κ1) is 15.3. The molecule has 0 unspecified atom stereocenters. The number of fused-ring (bicyclic) bond motifs is 1. The summed E-state index contributed by atoms with van der Waals surface area (Å²) in [6, 6.07) is 0. The van der Waals surface area contributed by atoms with Gasteiger partial charge in [0.2, 0.25) is 0 Å². The largest absolute Gasteiger partial charge is 0.377 e. The Bertz CT molecular complexity index is 573. The Kier molecular flexibility index (Phi) is 5.05. The van der Waals surface area contributed by atoms with Crippen molar-refractivity contribution < 1.29 is 4.74 Å². The summed E-state index contributed by atoms with van der Waals surface area (Å²) in [6.45, 7) is 7.64. The van der Waals surface area contributed by atoms with E-state index in [1.165, 1.54) is 0 Å². The highest BCUT2D eigenvalue weighted by Gasteiger charge is 2.18. The van der Waals surface area contributed by atoms with E-state index in [-0.39, 0.29) is 6.10 Å². The van der Waals surface area contributed by atoms with Crippen molar-refractivity contribution in [1.82, 2.24) is 19.3 Å². The van der Waals surface area contributed by atoms with Crippen molar-refractivity contribution in [2.45, 2.75) is 46.3 Å². The Balaban J connectivity index is 2.37. The van der Waals surface area contributed by atoms with Gasteiger partial charge in [-0.25, -0.2) is 4.98 Å². The van der Waals surface area contributed by atoms with E-state index in [0.29, 0.717) is 12.5 Å². The van der Waals surface area contributed by atoms with Gasteiger partial charge >= 0.3 is 0 Å². The number of nitrogens with zero attached hydrogens (tertiary/aromatic N) is 4. The molecule has 2 rings (SSSR count). The third-order valence-electron chi connectivity index (χ3n) is 3.29. The predicted molar refractivity (Wildman–Crippen MR) is 81.4 cm³/mol. The maximum Gasteiger partial charge on any atom is 0.158 e. The summed E-state index contributed by atoms with van der Waals surface area (Å²) in [7, 11) is 1.97. The number of aryl methyl sites for hydroxylation is 3. The number of hydrogen-bond donors (Lipinski definition) is 0. The first-order chi connectivity index (χ1) is 9.58. The monoisotopic (exact) mass is 298 g/mol. The summed E-state index contributed by atoms with van der Waals surface area (Å²) < 4.78 is 9.76. The predicted octanol–water partition coefficient (Wildman–Crippen LogP) is 2.54. The van der Waals surface area contributed by atoms with Gasteiger partial charge in [-0.1, -0.05) is 6.92 Å². The van der Waals surface area contributed by atoms with Gasteiger partial charge in [-0.05, 0) is 20.3 Å². The van der Waals surface area contributed by atoms with Crippen molar-refractivity contribution in [3.05, 3.63) is 11.5 Å². The molecule has 20 heavy (non-hydrogen) atoms. The molecule has 0 spiro atoms. The summed E-state index contributed by atoms with van der Waals surface area (Å²) in [6.07, 6.45) is 1.89. The molecule has 2 aromatic rings. The maximum absolute atomic E-state index is 5.89. The highest BCUT2D eigenvalue weighted by Crippen LogP contribution is 2.20. The molecule has 0 aliphatic heterocycles. The number of halogens is 1. The topological polar surface area (TPSA) is 44.9 Å². The second-order valence-corrected chi connectivity index (χ2v) is 5.51. The molecule has 0 saturated heterocycles. The van der Waals surface area contributed by atoms with Gasteiger partial charge in [0, 0.05) is 25.9 Å². The van der Waals surface area contributed by atoms with Gasteiger partial charge in [-0.3, -0.25) is 4.68 Å². The molecule has 0 radical (unpaired) electrons. The molecule has 0 atom stereocenters. The number of hydrogen-bond acceptors (Lipinski definition) is 3. The minimum absolute atomic E-state index is 0.239. The van der Waals surface area contributed by atoms with Crippen molar-refractivity contribution >= 4 is 22.8 Å². The lowest BCUT2D eigenvalue weighted by atomic mass is 10.3. The standard InChI is InChI=1S/C14H23ClN4O/c1-5-11-13-14(18(4)17-11)19(8-9-20-10(2)3)12(16-13)6-7-15/h10H,5-9H2,1-4H3. The summed E-state index contributed by atoms with van der Waals surface area (Å²) >= 11 is 5.89. The SMILES string of the molecule is CCc1nn(C)c2c1nc(CCCl)n2CCOC(C)C. The van der Waals surface area contributed by atoms with Gasteiger partial charge in [0.05, 0.1) is 18.4 Å². The average molecular weight is 299 g/mol. The van der Waals surface area contributed by atoms with Crippen LogP contribution in [0.2, 0.25) is 0 Å². The molecule has 112 valence electrons. The van der Waals surface area contributed by atoms with Gasteiger partial charge in [0.1, 0.15) is 11.3 Å². The normalized spacial score (nSPS) is 11.9. The van der Waals surface area contributed by atoms with Crippen LogP contribution in [0.5, 0.6) is 0 Å². The Labute approximate surface area is 124 Å². The molecule has 0 fully saturated rings. The lowest BCUT2D eigenvalue weighted by Gasteiger charge is -2.11. The molecule has 0 aliphatic carbocycles. The fraction of sp³-hybridized carbons (Fsp3) is 0.714. The highest BCUT2D eigenvalue weighted by atomic mass is 35.5. The molecule has 0 saturated carbocycles. The van der Waals surface area contributed by atoms with Crippen LogP contribution in [0.25, 0.3) is 11.2 Å². The fourth-order valence-corrected chi connectivity index (χ4v) is 2.58. The van der Waals surface area contributed by atoms with E-state index in [0.717, 1.165) is 42.1 Å². The van der Waals surface area contributed by atoms with Gasteiger partial charge in [-0.2, -0.15) is 5.10 Å².